The fourth-order valence-corrected chi connectivity index (χ4v) is 3.89. The highest BCUT2D eigenvalue weighted by Gasteiger charge is 2.19. The fourth-order valence-electron chi connectivity index (χ4n) is 2.76. The van der Waals surface area contributed by atoms with Gasteiger partial charge in [-0.2, -0.15) is 0 Å². The maximum Gasteiger partial charge on any atom is 0.334 e. The number of fused-ring (bicyclic) bond motifs is 1. The number of benzene rings is 1. The molecule has 118 valence electrons. The van der Waals surface area contributed by atoms with Crippen molar-refractivity contribution in [2.45, 2.75) is 12.8 Å². The normalized spacial score (nSPS) is 14.7. The highest BCUT2D eigenvalue weighted by atomic mass is 35.5. The minimum absolute atomic E-state index is 0.353. The van der Waals surface area contributed by atoms with Crippen LogP contribution in [0.15, 0.2) is 33.9 Å². The number of rotatable bonds is 2. The molecule has 23 heavy (non-hydrogen) atoms. The van der Waals surface area contributed by atoms with E-state index in [0.717, 1.165) is 35.6 Å². The number of hydrogen-bond acceptors (Lipinski definition) is 5. The Morgan fingerprint density at radius 1 is 1.13 bits per heavy atom. The summed E-state index contributed by atoms with van der Waals surface area (Å²) in [5.74, 6) is 0. The Morgan fingerprint density at radius 3 is 2.52 bits per heavy atom. The van der Waals surface area contributed by atoms with E-state index < -0.39 is 5.69 Å². The summed E-state index contributed by atoms with van der Waals surface area (Å²) in [5.41, 5.74) is -0.00657. The molecule has 1 fully saturated rings. The zero-order valence-corrected chi connectivity index (χ0v) is 13.7. The molecule has 1 N–H and O–H groups in total. The van der Waals surface area contributed by atoms with Crippen LogP contribution in [0.1, 0.15) is 12.8 Å². The van der Waals surface area contributed by atoms with Gasteiger partial charge in [0.1, 0.15) is 4.70 Å². The summed E-state index contributed by atoms with van der Waals surface area (Å²) >= 11 is 7.19. The van der Waals surface area contributed by atoms with Crippen molar-refractivity contribution in [1.82, 2.24) is 14.5 Å². The maximum absolute atomic E-state index is 12.7. The van der Waals surface area contributed by atoms with E-state index in [2.05, 4.69) is 14.9 Å². The molecule has 0 atom stereocenters. The second-order valence-corrected chi connectivity index (χ2v) is 6.83. The number of aromatic nitrogens is 3. The van der Waals surface area contributed by atoms with Gasteiger partial charge < -0.3 is 4.90 Å². The molecular formula is C15H13ClN4O2S. The molecule has 3 aromatic rings. The van der Waals surface area contributed by atoms with Crippen LogP contribution in [-0.4, -0.2) is 27.6 Å². The van der Waals surface area contributed by atoms with Crippen LogP contribution in [0.2, 0.25) is 5.02 Å². The molecule has 0 aliphatic carbocycles. The molecular weight excluding hydrogens is 336 g/mol. The minimum Gasteiger partial charge on any atom is -0.348 e. The lowest BCUT2D eigenvalue weighted by atomic mass is 10.3. The van der Waals surface area contributed by atoms with Crippen molar-refractivity contribution in [1.29, 1.82) is 0 Å². The van der Waals surface area contributed by atoms with E-state index in [9.17, 15) is 9.59 Å². The molecule has 1 aliphatic rings. The predicted molar refractivity (Wildman–Crippen MR) is 92.3 cm³/mol. The van der Waals surface area contributed by atoms with E-state index >= 15 is 0 Å². The Kier molecular flexibility index (Phi) is 3.46. The SMILES string of the molecule is O=c1[nH]c2nc(N3CCCC3)sc2c(=O)n1-c1ccc(Cl)cc1. The number of H-pyrrole nitrogens is 1. The second-order valence-electron chi connectivity index (χ2n) is 5.42. The summed E-state index contributed by atoms with van der Waals surface area (Å²) in [6.07, 6.45) is 2.25. The Bertz CT molecular complexity index is 983. The molecule has 1 aliphatic heterocycles. The molecule has 1 aromatic carbocycles. The van der Waals surface area contributed by atoms with Crippen LogP contribution in [0.5, 0.6) is 0 Å². The van der Waals surface area contributed by atoms with Crippen LogP contribution < -0.4 is 16.1 Å². The van der Waals surface area contributed by atoms with Crippen LogP contribution in [0.3, 0.4) is 0 Å². The maximum atomic E-state index is 12.7. The van der Waals surface area contributed by atoms with Crippen LogP contribution >= 0.6 is 22.9 Å². The molecule has 6 nitrogen and oxygen atoms in total. The average molecular weight is 349 g/mol. The lowest BCUT2D eigenvalue weighted by Gasteiger charge is -2.11. The second kappa shape index (κ2) is 5.50. The van der Waals surface area contributed by atoms with E-state index in [0.29, 0.717) is 21.1 Å². The lowest BCUT2D eigenvalue weighted by molar-refractivity contribution is 0.898. The summed E-state index contributed by atoms with van der Waals surface area (Å²) < 4.78 is 1.58. The van der Waals surface area contributed by atoms with E-state index in [1.165, 1.54) is 11.3 Å². The van der Waals surface area contributed by atoms with E-state index in [4.69, 9.17) is 11.6 Å². The molecule has 0 radical (unpaired) electrons. The number of aromatic amines is 1. The Hall–Kier alpha value is -2.12. The molecule has 4 rings (SSSR count). The van der Waals surface area contributed by atoms with Gasteiger partial charge in [-0.3, -0.25) is 9.78 Å². The number of halogens is 1. The van der Waals surface area contributed by atoms with Crippen molar-refractivity contribution < 1.29 is 0 Å². The average Bonchev–Trinajstić information content (AvgIpc) is 3.17. The van der Waals surface area contributed by atoms with Crippen LogP contribution in [-0.2, 0) is 0 Å². The van der Waals surface area contributed by atoms with Crippen LogP contribution in [0.25, 0.3) is 16.0 Å². The van der Waals surface area contributed by atoms with Crippen molar-refractivity contribution in [2.24, 2.45) is 0 Å². The first-order valence-corrected chi connectivity index (χ1v) is 8.50. The van der Waals surface area contributed by atoms with Gasteiger partial charge in [-0.1, -0.05) is 22.9 Å². The third kappa shape index (κ3) is 2.46. The van der Waals surface area contributed by atoms with Gasteiger partial charge in [0.05, 0.1) is 5.69 Å². The van der Waals surface area contributed by atoms with Crippen molar-refractivity contribution in [3.8, 4) is 5.69 Å². The summed E-state index contributed by atoms with van der Waals surface area (Å²) in [7, 11) is 0. The minimum atomic E-state index is -0.497. The third-order valence-electron chi connectivity index (χ3n) is 3.90. The van der Waals surface area contributed by atoms with E-state index in [-0.39, 0.29) is 5.56 Å². The number of anilines is 1. The first kappa shape index (κ1) is 14.5. The summed E-state index contributed by atoms with van der Waals surface area (Å²) in [6.45, 7) is 1.88. The van der Waals surface area contributed by atoms with Crippen molar-refractivity contribution in [2.75, 3.05) is 18.0 Å². The zero-order chi connectivity index (χ0) is 16.0. The van der Waals surface area contributed by atoms with Crippen LogP contribution in [0.4, 0.5) is 5.13 Å². The molecule has 0 amide bonds. The fraction of sp³-hybridized carbons (Fsp3) is 0.267. The summed E-state index contributed by atoms with van der Waals surface area (Å²) in [4.78, 5) is 34.3. The summed E-state index contributed by atoms with van der Waals surface area (Å²) in [5, 5.41) is 1.34. The van der Waals surface area contributed by atoms with Gasteiger partial charge in [0.25, 0.3) is 5.56 Å². The molecule has 8 heteroatoms. The number of nitrogens with zero attached hydrogens (tertiary/aromatic N) is 3. The number of nitrogens with one attached hydrogen (secondary N) is 1. The van der Waals surface area contributed by atoms with Crippen molar-refractivity contribution in [3.05, 3.63) is 50.1 Å². The third-order valence-corrected chi connectivity index (χ3v) is 5.26. The van der Waals surface area contributed by atoms with Gasteiger partial charge in [-0.05, 0) is 37.1 Å². The van der Waals surface area contributed by atoms with Gasteiger partial charge >= 0.3 is 5.69 Å². The lowest BCUT2D eigenvalue weighted by Crippen LogP contribution is -2.33. The quantitative estimate of drug-likeness (QED) is 0.772. The first-order chi connectivity index (χ1) is 11.1. The van der Waals surface area contributed by atoms with Gasteiger partial charge in [-0.25, -0.2) is 14.3 Å². The number of hydrogen-bond donors (Lipinski definition) is 1. The Balaban J connectivity index is 1.90. The molecule has 3 heterocycles. The van der Waals surface area contributed by atoms with Gasteiger partial charge in [0.15, 0.2) is 10.8 Å². The molecule has 0 spiro atoms. The molecule has 2 aromatic heterocycles. The topological polar surface area (TPSA) is 71.0 Å². The van der Waals surface area contributed by atoms with Gasteiger partial charge in [0, 0.05) is 18.1 Å². The smallest absolute Gasteiger partial charge is 0.334 e. The largest absolute Gasteiger partial charge is 0.348 e. The summed E-state index contributed by atoms with van der Waals surface area (Å²) in [6, 6.07) is 6.59. The van der Waals surface area contributed by atoms with Gasteiger partial charge in [-0.15, -0.1) is 0 Å². The standard InChI is InChI=1S/C15H13ClN4O2S/c16-9-3-5-10(6-4-9)20-13(21)11-12(17-14(20)22)18-15(23-11)19-7-1-2-8-19/h3-6H,1-2,7-8H2,(H,17,22). The molecule has 1 saturated heterocycles. The molecule has 0 saturated carbocycles. The van der Waals surface area contributed by atoms with E-state index in [1.54, 1.807) is 24.3 Å². The highest BCUT2D eigenvalue weighted by molar-refractivity contribution is 7.22. The Labute approximate surface area is 140 Å². The van der Waals surface area contributed by atoms with Crippen molar-refractivity contribution >= 4 is 38.4 Å². The number of thiazole rings is 1. The first-order valence-electron chi connectivity index (χ1n) is 7.30. The van der Waals surface area contributed by atoms with Crippen LogP contribution in [0, 0.1) is 0 Å². The Morgan fingerprint density at radius 2 is 1.83 bits per heavy atom. The zero-order valence-electron chi connectivity index (χ0n) is 12.1. The van der Waals surface area contributed by atoms with Gasteiger partial charge in [0.2, 0.25) is 0 Å². The predicted octanol–water partition coefficient (Wildman–Crippen LogP) is 2.39. The highest BCUT2D eigenvalue weighted by Crippen LogP contribution is 2.27. The van der Waals surface area contributed by atoms with Crippen molar-refractivity contribution in [3.63, 3.8) is 0 Å². The molecule has 0 unspecified atom stereocenters. The van der Waals surface area contributed by atoms with E-state index in [1.807, 2.05) is 0 Å². The monoisotopic (exact) mass is 348 g/mol. The molecule has 0 bridgehead atoms.